The number of aliphatic imine (C=N–C) groups is 1. The Morgan fingerprint density at radius 2 is 1.85 bits per heavy atom. The molecule has 146 valence electrons. The maximum absolute atomic E-state index is 12.1. The Morgan fingerprint density at radius 3 is 2.41 bits per heavy atom. The van der Waals surface area contributed by atoms with Crippen molar-refractivity contribution in [3.8, 4) is 0 Å². The van der Waals surface area contributed by atoms with Crippen LogP contribution in [0.25, 0.3) is 0 Å². The van der Waals surface area contributed by atoms with Crippen LogP contribution in [0.5, 0.6) is 0 Å². The highest BCUT2D eigenvalue weighted by atomic mass is 32.1. The van der Waals surface area contributed by atoms with Gasteiger partial charge >= 0.3 is 0 Å². The van der Waals surface area contributed by atoms with E-state index in [0.29, 0.717) is 18.7 Å². The first-order chi connectivity index (χ1) is 12.9. The number of carbonyl (C=O) groups is 1. The predicted molar refractivity (Wildman–Crippen MR) is 112 cm³/mol. The molecule has 1 heterocycles. The third kappa shape index (κ3) is 6.36. The van der Waals surface area contributed by atoms with Crippen molar-refractivity contribution in [3.05, 3.63) is 51.0 Å². The number of aryl methyl sites for hydroxylation is 2. The first-order valence-electron chi connectivity index (χ1n) is 9.20. The van der Waals surface area contributed by atoms with Crippen LogP contribution in [-0.2, 0) is 13.1 Å². The van der Waals surface area contributed by atoms with Gasteiger partial charge in [0.2, 0.25) is 0 Å². The molecule has 0 aliphatic rings. The summed E-state index contributed by atoms with van der Waals surface area (Å²) >= 11 is 1.70. The van der Waals surface area contributed by atoms with Gasteiger partial charge in [0.25, 0.3) is 5.91 Å². The molecule has 1 amide bonds. The van der Waals surface area contributed by atoms with Gasteiger partial charge in [0, 0.05) is 30.1 Å². The van der Waals surface area contributed by atoms with Crippen LogP contribution in [0.2, 0.25) is 0 Å². The molecular weight excluding hydrogens is 358 g/mol. The highest BCUT2D eigenvalue weighted by molar-refractivity contribution is 7.11. The number of benzene rings is 1. The number of carbonyl (C=O) groups excluding carboxylic acids is 1. The van der Waals surface area contributed by atoms with E-state index in [1.165, 1.54) is 4.88 Å². The molecule has 0 fully saturated rings. The van der Waals surface area contributed by atoms with Gasteiger partial charge in [0.05, 0.1) is 17.2 Å². The molecule has 0 aliphatic heterocycles. The Hall–Kier alpha value is -2.41. The van der Waals surface area contributed by atoms with E-state index in [4.69, 9.17) is 0 Å². The van der Waals surface area contributed by atoms with Crippen LogP contribution >= 0.6 is 11.3 Å². The zero-order chi connectivity index (χ0) is 19.8. The zero-order valence-electron chi connectivity index (χ0n) is 16.7. The molecule has 7 heteroatoms. The van der Waals surface area contributed by atoms with Crippen LogP contribution in [-0.4, -0.2) is 29.9 Å². The number of guanidine groups is 1. The minimum Gasteiger partial charge on any atom is -0.352 e. The van der Waals surface area contributed by atoms with Crippen LogP contribution in [0.3, 0.4) is 0 Å². The molecule has 1 unspecified atom stereocenters. The van der Waals surface area contributed by atoms with Gasteiger partial charge in [-0.2, -0.15) is 0 Å². The lowest BCUT2D eigenvalue weighted by molar-refractivity contribution is 0.0939. The molecule has 1 atom stereocenters. The Morgan fingerprint density at radius 1 is 1.19 bits per heavy atom. The average molecular weight is 388 g/mol. The summed E-state index contributed by atoms with van der Waals surface area (Å²) in [5.41, 5.74) is 2.83. The summed E-state index contributed by atoms with van der Waals surface area (Å²) in [7, 11) is 1.75. The van der Waals surface area contributed by atoms with Crippen LogP contribution < -0.4 is 16.0 Å². The van der Waals surface area contributed by atoms with Gasteiger partial charge in [-0.15, -0.1) is 11.3 Å². The second kappa shape index (κ2) is 10.1. The Kier molecular flexibility index (Phi) is 7.79. The molecule has 2 rings (SSSR count). The molecule has 27 heavy (non-hydrogen) atoms. The zero-order valence-corrected chi connectivity index (χ0v) is 17.5. The first-order valence-corrected chi connectivity index (χ1v) is 10.0. The minimum atomic E-state index is -0.0310. The van der Waals surface area contributed by atoms with Crippen LogP contribution in [0.15, 0.2) is 29.3 Å². The lowest BCUT2D eigenvalue weighted by atomic mass is 10.1. The van der Waals surface area contributed by atoms with E-state index < -0.39 is 0 Å². The summed E-state index contributed by atoms with van der Waals surface area (Å²) in [5, 5.41) is 10.7. The summed E-state index contributed by atoms with van der Waals surface area (Å²) in [6.07, 6.45) is 0.917. The molecular formula is C20H29N5OS. The Labute approximate surface area is 165 Å². The smallest absolute Gasteiger partial charge is 0.251 e. The van der Waals surface area contributed by atoms with E-state index in [2.05, 4.69) is 32.9 Å². The van der Waals surface area contributed by atoms with E-state index in [1.807, 2.05) is 45.0 Å². The standard InChI is InChI=1S/C20H29N5OS/c1-6-13(2)24-19(26)17-9-7-16(8-10-17)11-22-20(21-5)23-12-18-14(3)25-15(4)27-18/h7-10,13H,6,11-12H2,1-5H3,(H,24,26)(H2,21,22,23). The van der Waals surface area contributed by atoms with Crippen molar-refractivity contribution in [2.75, 3.05) is 7.05 Å². The minimum absolute atomic E-state index is 0.0310. The Bertz CT molecular complexity index is 782. The fourth-order valence-electron chi connectivity index (χ4n) is 2.49. The number of thiazole rings is 1. The van der Waals surface area contributed by atoms with Gasteiger partial charge in [-0.3, -0.25) is 9.79 Å². The fourth-order valence-corrected chi connectivity index (χ4v) is 3.37. The molecule has 2 aromatic rings. The van der Waals surface area contributed by atoms with E-state index in [1.54, 1.807) is 18.4 Å². The van der Waals surface area contributed by atoms with Crippen LogP contribution in [0, 0.1) is 13.8 Å². The summed E-state index contributed by atoms with van der Waals surface area (Å²) in [6.45, 7) is 9.43. The summed E-state index contributed by atoms with van der Waals surface area (Å²) in [4.78, 5) is 22.0. The first kappa shape index (κ1) is 20.9. The fraction of sp³-hybridized carbons (Fsp3) is 0.450. The summed E-state index contributed by atoms with van der Waals surface area (Å²) in [5.74, 6) is 0.704. The van der Waals surface area contributed by atoms with E-state index in [0.717, 1.165) is 28.6 Å². The summed E-state index contributed by atoms with van der Waals surface area (Å²) in [6, 6.07) is 7.81. The van der Waals surface area contributed by atoms with Crippen molar-refractivity contribution in [1.82, 2.24) is 20.9 Å². The maximum atomic E-state index is 12.1. The van der Waals surface area contributed by atoms with Crippen LogP contribution in [0.4, 0.5) is 0 Å². The van der Waals surface area contributed by atoms with Gasteiger partial charge < -0.3 is 16.0 Å². The number of nitrogens with one attached hydrogen (secondary N) is 3. The number of amides is 1. The molecule has 6 nitrogen and oxygen atoms in total. The van der Waals surface area contributed by atoms with Gasteiger partial charge in [-0.25, -0.2) is 4.98 Å². The highest BCUT2D eigenvalue weighted by Gasteiger charge is 2.09. The Balaban J connectivity index is 1.85. The van der Waals surface area contributed by atoms with Crippen LogP contribution in [0.1, 0.15) is 51.8 Å². The predicted octanol–water partition coefficient (Wildman–Crippen LogP) is 3.15. The maximum Gasteiger partial charge on any atom is 0.251 e. The van der Waals surface area contributed by atoms with E-state index in [-0.39, 0.29) is 11.9 Å². The van der Waals surface area contributed by atoms with Gasteiger partial charge in [-0.1, -0.05) is 19.1 Å². The SMILES string of the molecule is CCC(C)NC(=O)c1ccc(CNC(=NC)NCc2sc(C)nc2C)cc1. The topological polar surface area (TPSA) is 78.4 Å². The lowest BCUT2D eigenvalue weighted by Crippen LogP contribution is -2.36. The van der Waals surface area contributed by atoms with Crippen molar-refractivity contribution in [2.45, 2.75) is 53.2 Å². The molecule has 3 N–H and O–H groups in total. The largest absolute Gasteiger partial charge is 0.352 e. The number of aromatic nitrogens is 1. The molecule has 0 radical (unpaired) electrons. The molecule has 1 aromatic heterocycles. The number of rotatable bonds is 7. The van der Waals surface area contributed by atoms with Crippen molar-refractivity contribution in [2.24, 2.45) is 4.99 Å². The van der Waals surface area contributed by atoms with Gasteiger partial charge in [0.1, 0.15) is 0 Å². The molecule has 0 aliphatic carbocycles. The summed E-state index contributed by atoms with van der Waals surface area (Å²) < 4.78 is 0. The van der Waals surface area contributed by atoms with E-state index in [9.17, 15) is 4.79 Å². The van der Waals surface area contributed by atoms with Gasteiger partial charge in [0.15, 0.2) is 5.96 Å². The third-order valence-corrected chi connectivity index (χ3v) is 5.38. The average Bonchev–Trinajstić information content (AvgIpc) is 2.99. The second-order valence-corrected chi connectivity index (χ2v) is 7.79. The second-order valence-electron chi connectivity index (χ2n) is 6.50. The monoisotopic (exact) mass is 387 g/mol. The quantitative estimate of drug-likeness (QED) is 0.504. The van der Waals surface area contributed by atoms with Crippen molar-refractivity contribution in [3.63, 3.8) is 0 Å². The molecule has 0 saturated carbocycles. The molecule has 0 saturated heterocycles. The number of hydrogen-bond donors (Lipinski definition) is 3. The number of nitrogens with zero attached hydrogens (tertiary/aromatic N) is 2. The third-order valence-electron chi connectivity index (χ3n) is 4.31. The van der Waals surface area contributed by atoms with Crippen molar-refractivity contribution in [1.29, 1.82) is 0 Å². The molecule has 0 bridgehead atoms. The highest BCUT2D eigenvalue weighted by Crippen LogP contribution is 2.16. The van der Waals surface area contributed by atoms with Gasteiger partial charge in [-0.05, 0) is 44.9 Å². The number of hydrogen-bond acceptors (Lipinski definition) is 4. The molecule has 1 aromatic carbocycles. The lowest BCUT2D eigenvalue weighted by Gasteiger charge is -2.13. The van der Waals surface area contributed by atoms with Crippen molar-refractivity contribution < 1.29 is 4.79 Å². The van der Waals surface area contributed by atoms with Crippen molar-refractivity contribution >= 4 is 23.2 Å². The molecule has 0 spiro atoms. The van der Waals surface area contributed by atoms with E-state index >= 15 is 0 Å². The normalized spacial score (nSPS) is 12.6.